The number of carboxylic acids is 2. The lowest BCUT2D eigenvalue weighted by atomic mass is 10.4. The van der Waals surface area contributed by atoms with E-state index >= 15 is 0 Å². The first-order valence-electron chi connectivity index (χ1n) is 4.82. The summed E-state index contributed by atoms with van der Waals surface area (Å²) in [5.74, 6) is -2.56. The third kappa shape index (κ3) is 4.78. The molecule has 0 saturated heterocycles. The summed E-state index contributed by atoms with van der Waals surface area (Å²) < 4.78 is 0. The van der Waals surface area contributed by atoms with E-state index in [-0.39, 0.29) is 6.54 Å². The summed E-state index contributed by atoms with van der Waals surface area (Å²) in [6, 6.07) is -0.757. The average Bonchev–Trinajstić information content (AvgIpc) is 2.76. The second-order valence-corrected chi connectivity index (χ2v) is 4.00. The molecule has 0 aromatic carbocycles. The molecule has 0 radical (unpaired) electrons. The Kier molecular flexibility index (Phi) is 5.06. The van der Waals surface area contributed by atoms with Gasteiger partial charge in [-0.3, -0.25) is 9.59 Å². The van der Waals surface area contributed by atoms with Crippen molar-refractivity contribution >= 4 is 29.3 Å². The minimum Gasteiger partial charge on any atom is -0.480 e. The van der Waals surface area contributed by atoms with Crippen molar-refractivity contribution < 1.29 is 24.6 Å². The summed E-state index contributed by atoms with van der Waals surface area (Å²) in [4.78, 5) is 37.2. The Morgan fingerprint density at radius 3 is 2.33 bits per heavy atom. The summed E-state index contributed by atoms with van der Waals surface area (Å²) in [7, 11) is 0. The molecule has 0 saturated carbocycles. The van der Waals surface area contributed by atoms with Crippen LogP contribution in [0, 0.1) is 0 Å². The van der Waals surface area contributed by atoms with E-state index in [1.54, 1.807) is 10.9 Å². The van der Waals surface area contributed by atoms with Crippen LogP contribution in [0.25, 0.3) is 0 Å². The van der Waals surface area contributed by atoms with Gasteiger partial charge in [-0.25, -0.2) is 9.78 Å². The lowest BCUT2D eigenvalue weighted by Crippen LogP contribution is -2.45. The third-order valence-electron chi connectivity index (χ3n) is 1.84. The van der Waals surface area contributed by atoms with Gasteiger partial charge in [0.25, 0.3) is 0 Å². The molecule has 8 nitrogen and oxygen atoms in total. The molecule has 1 heterocycles. The maximum absolute atomic E-state index is 11.6. The monoisotopic (exact) mass is 273 g/mol. The number of amides is 2. The van der Waals surface area contributed by atoms with Crippen LogP contribution >= 0.6 is 11.3 Å². The number of hydrogen-bond acceptors (Lipinski definition) is 5. The molecule has 0 aliphatic rings. The Hall–Kier alpha value is -2.16. The predicted molar refractivity (Wildman–Crippen MR) is 61.2 cm³/mol. The Labute approximate surface area is 106 Å². The fraction of sp³-hybridized carbons (Fsp3) is 0.333. The van der Waals surface area contributed by atoms with Gasteiger partial charge in [-0.2, -0.15) is 0 Å². The minimum atomic E-state index is -1.28. The van der Waals surface area contributed by atoms with Gasteiger partial charge in [-0.1, -0.05) is 0 Å². The van der Waals surface area contributed by atoms with Crippen LogP contribution in [0.5, 0.6) is 0 Å². The number of aromatic nitrogens is 1. The van der Waals surface area contributed by atoms with Crippen LogP contribution in [0.4, 0.5) is 4.79 Å². The van der Waals surface area contributed by atoms with Crippen LogP contribution in [-0.4, -0.2) is 51.2 Å². The van der Waals surface area contributed by atoms with Gasteiger partial charge in [0, 0.05) is 5.38 Å². The standard InChI is InChI=1S/C9H11N3O5S/c13-7(14)2-12(3-8(15)16)9(17)10-1-6-4-18-5-11-6/h4-5H,1-3H2,(H,10,17)(H,13,14)(H,15,16). The summed E-state index contributed by atoms with van der Waals surface area (Å²) >= 11 is 1.36. The SMILES string of the molecule is O=C(O)CN(CC(=O)O)C(=O)NCc1cscn1. The van der Waals surface area contributed by atoms with Crippen LogP contribution in [0.15, 0.2) is 10.9 Å². The van der Waals surface area contributed by atoms with Gasteiger partial charge in [0.15, 0.2) is 0 Å². The Morgan fingerprint density at radius 1 is 1.28 bits per heavy atom. The van der Waals surface area contributed by atoms with E-state index in [0.29, 0.717) is 10.6 Å². The number of carbonyl (C=O) groups is 3. The van der Waals surface area contributed by atoms with Gasteiger partial charge in [0.2, 0.25) is 0 Å². The number of aliphatic carboxylic acids is 2. The largest absolute Gasteiger partial charge is 0.480 e. The van der Waals surface area contributed by atoms with Crippen LogP contribution < -0.4 is 5.32 Å². The molecule has 1 rings (SSSR count). The highest BCUT2D eigenvalue weighted by molar-refractivity contribution is 7.07. The molecular weight excluding hydrogens is 262 g/mol. The van der Waals surface area contributed by atoms with Crippen molar-refractivity contribution in [3.63, 3.8) is 0 Å². The van der Waals surface area contributed by atoms with Gasteiger partial charge < -0.3 is 20.4 Å². The van der Waals surface area contributed by atoms with Crippen molar-refractivity contribution in [3.05, 3.63) is 16.6 Å². The van der Waals surface area contributed by atoms with E-state index in [4.69, 9.17) is 10.2 Å². The summed E-state index contributed by atoms with van der Waals surface area (Å²) in [6.45, 7) is -1.22. The van der Waals surface area contributed by atoms with Crippen molar-refractivity contribution in [1.82, 2.24) is 15.2 Å². The molecule has 18 heavy (non-hydrogen) atoms. The average molecular weight is 273 g/mol. The van der Waals surface area contributed by atoms with Crippen molar-refractivity contribution in [2.24, 2.45) is 0 Å². The van der Waals surface area contributed by atoms with Crippen LogP contribution in [0.2, 0.25) is 0 Å². The first kappa shape index (κ1) is 13.9. The van der Waals surface area contributed by atoms with Crippen molar-refractivity contribution in [1.29, 1.82) is 0 Å². The molecule has 0 aliphatic carbocycles. The van der Waals surface area contributed by atoms with Crippen molar-refractivity contribution in [2.45, 2.75) is 6.54 Å². The summed E-state index contributed by atoms with van der Waals surface area (Å²) in [5.41, 5.74) is 2.22. The molecule has 1 aromatic heterocycles. The number of urea groups is 1. The zero-order chi connectivity index (χ0) is 13.5. The number of nitrogens with zero attached hydrogens (tertiary/aromatic N) is 2. The zero-order valence-corrected chi connectivity index (χ0v) is 10.0. The molecule has 9 heteroatoms. The molecule has 0 aliphatic heterocycles. The number of carbonyl (C=O) groups excluding carboxylic acids is 1. The molecular formula is C9H11N3O5S. The van der Waals surface area contributed by atoms with E-state index in [1.807, 2.05) is 0 Å². The zero-order valence-electron chi connectivity index (χ0n) is 9.20. The Bertz CT molecular complexity index is 417. The number of nitrogens with one attached hydrogen (secondary N) is 1. The van der Waals surface area contributed by atoms with E-state index in [0.717, 1.165) is 0 Å². The fourth-order valence-corrected chi connectivity index (χ4v) is 1.69. The lowest BCUT2D eigenvalue weighted by molar-refractivity contribution is -0.140. The van der Waals surface area contributed by atoms with E-state index in [9.17, 15) is 14.4 Å². The maximum atomic E-state index is 11.6. The van der Waals surface area contributed by atoms with E-state index < -0.39 is 31.1 Å². The van der Waals surface area contributed by atoms with Gasteiger partial charge in [0.05, 0.1) is 17.7 Å². The van der Waals surface area contributed by atoms with E-state index in [2.05, 4.69) is 10.3 Å². The van der Waals surface area contributed by atoms with Gasteiger partial charge in [-0.05, 0) is 0 Å². The minimum absolute atomic E-state index is 0.123. The summed E-state index contributed by atoms with van der Waals surface area (Å²) in [6.07, 6.45) is 0. The molecule has 1 aromatic rings. The predicted octanol–water partition coefficient (Wildman–Crippen LogP) is -0.176. The lowest BCUT2D eigenvalue weighted by Gasteiger charge is -2.18. The number of carboxylic acid groups (broad SMARTS) is 2. The van der Waals surface area contributed by atoms with Crippen LogP contribution in [0.1, 0.15) is 5.69 Å². The molecule has 98 valence electrons. The Morgan fingerprint density at radius 2 is 1.89 bits per heavy atom. The number of thiazole rings is 1. The molecule has 3 N–H and O–H groups in total. The number of hydrogen-bond donors (Lipinski definition) is 3. The second-order valence-electron chi connectivity index (χ2n) is 3.28. The Balaban J connectivity index is 2.52. The van der Waals surface area contributed by atoms with Crippen LogP contribution in [-0.2, 0) is 16.1 Å². The highest BCUT2D eigenvalue weighted by Gasteiger charge is 2.19. The van der Waals surface area contributed by atoms with Crippen molar-refractivity contribution in [2.75, 3.05) is 13.1 Å². The quantitative estimate of drug-likeness (QED) is 0.661. The molecule has 2 amide bonds. The highest BCUT2D eigenvalue weighted by Crippen LogP contribution is 2.00. The second kappa shape index (κ2) is 6.55. The van der Waals surface area contributed by atoms with E-state index in [1.165, 1.54) is 11.3 Å². The molecule has 0 atom stereocenters. The van der Waals surface area contributed by atoms with Crippen molar-refractivity contribution in [3.8, 4) is 0 Å². The highest BCUT2D eigenvalue weighted by atomic mass is 32.1. The molecule has 0 fully saturated rings. The van der Waals surface area contributed by atoms with Crippen LogP contribution in [0.3, 0.4) is 0 Å². The normalized spacial score (nSPS) is 9.78. The first-order valence-corrected chi connectivity index (χ1v) is 5.76. The topological polar surface area (TPSA) is 120 Å². The fourth-order valence-electron chi connectivity index (χ4n) is 1.13. The molecule has 0 spiro atoms. The molecule has 0 bridgehead atoms. The van der Waals surface area contributed by atoms with Gasteiger partial charge in [0.1, 0.15) is 13.1 Å². The maximum Gasteiger partial charge on any atom is 0.323 e. The summed E-state index contributed by atoms with van der Waals surface area (Å²) in [5, 5.41) is 21.3. The smallest absolute Gasteiger partial charge is 0.323 e. The van der Waals surface area contributed by atoms with Gasteiger partial charge >= 0.3 is 18.0 Å². The number of rotatable bonds is 6. The van der Waals surface area contributed by atoms with Gasteiger partial charge in [-0.15, -0.1) is 11.3 Å². The third-order valence-corrected chi connectivity index (χ3v) is 2.48. The first-order chi connectivity index (χ1) is 8.49. The molecule has 0 unspecified atom stereocenters.